The van der Waals surface area contributed by atoms with Gasteiger partial charge in [-0.05, 0) is 17.2 Å². The number of H-pyrrole nitrogens is 1. The lowest BCUT2D eigenvalue weighted by Crippen LogP contribution is -2.01. The molecule has 2 aromatic rings. The van der Waals surface area contributed by atoms with Crippen molar-refractivity contribution < 1.29 is 4.92 Å². The van der Waals surface area contributed by atoms with Gasteiger partial charge in [0.15, 0.2) is 0 Å². The number of aromatic amines is 1. The van der Waals surface area contributed by atoms with Crippen molar-refractivity contribution in [3.05, 3.63) is 63.1 Å². The zero-order valence-electron chi connectivity index (χ0n) is 8.21. The number of non-ortho nitro benzene ring substituents is 1. The summed E-state index contributed by atoms with van der Waals surface area (Å²) in [5.41, 5.74) is 1.27. The summed E-state index contributed by atoms with van der Waals surface area (Å²) < 4.78 is 0. The number of nitrogens with zero attached hydrogens (tertiary/aromatic N) is 1. The number of pyridine rings is 1. The van der Waals surface area contributed by atoms with Crippen molar-refractivity contribution >= 4 is 5.69 Å². The van der Waals surface area contributed by atoms with Crippen LogP contribution in [0, 0.1) is 10.1 Å². The van der Waals surface area contributed by atoms with E-state index < -0.39 is 4.92 Å². The molecule has 1 heterocycles. The van der Waals surface area contributed by atoms with Crippen LogP contribution >= 0.6 is 0 Å². The van der Waals surface area contributed by atoms with E-state index in [0.717, 1.165) is 5.56 Å². The Bertz CT molecular complexity index is 569. The number of nitro benzene ring substituents is 1. The molecule has 0 atom stereocenters. The molecule has 5 nitrogen and oxygen atoms in total. The van der Waals surface area contributed by atoms with Gasteiger partial charge in [-0.1, -0.05) is 12.1 Å². The van der Waals surface area contributed by atoms with Gasteiger partial charge in [-0.15, -0.1) is 0 Å². The van der Waals surface area contributed by atoms with E-state index in [1.165, 1.54) is 24.4 Å². The van der Waals surface area contributed by atoms with Gasteiger partial charge < -0.3 is 4.98 Å². The third-order valence-corrected chi connectivity index (χ3v) is 2.17. The maximum Gasteiger partial charge on any atom is 0.270 e. The van der Waals surface area contributed by atoms with Gasteiger partial charge in [0.05, 0.1) is 4.92 Å². The first-order valence-corrected chi connectivity index (χ1v) is 4.60. The first-order chi connectivity index (χ1) is 7.66. The Morgan fingerprint density at radius 3 is 2.56 bits per heavy atom. The molecule has 1 aromatic carbocycles. The second kappa shape index (κ2) is 3.98. The van der Waals surface area contributed by atoms with E-state index in [1.807, 2.05) is 0 Å². The molecule has 0 radical (unpaired) electrons. The van der Waals surface area contributed by atoms with Gasteiger partial charge in [-0.25, -0.2) is 0 Å². The van der Waals surface area contributed by atoms with Crippen LogP contribution in [0.5, 0.6) is 0 Å². The van der Waals surface area contributed by atoms with E-state index in [2.05, 4.69) is 4.98 Å². The quantitative estimate of drug-likeness (QED) is 0.615. The fraction of sp³-hybridized carbons (Fsp3) is 0. The predicted octanol–water partition coefficient (Wildman–Crippen LogP) is 1.95. The molecular formula is C11H8N2O3. The monoisotopic (exact) mass is 216 g/mol. The second-order valence-corrected chi connectivity index (χ2v) is 3.25. The van der Waals surface area contributed by atoms with Crippen LogP contribution in [-0.2, 0) is 0 Å². The van der Waals surface area contributed by atoms with Crippen LogP contribution in [0.4, 0.5) is 5.69 Å². The van der Waals surface area contributed by atoms with Gasteiger partial charge in [-0.3, -0.25) is 14.9 Å². The largest absolute Gasteiger partial charge is 0.328 e. The average molecular weight is 216 g/mol. The van der Waals surface area contributed by atoms with Gasteiger partial charge >= 0.3 is 0 Å². The first-order valence-electron chi connectivity index (χ1n) is 4.60. The highest BCUT2D eigenvalue weighted by Gasteiger charge is 2.06. The predicted molar refractivity (Wildman–Crippen MR) is 59.2 cm³/mol. The number of nitro groups is 1. The highest BCUT2D eigenvalue weighted by atomic mass is 16.6. The van der Waals surface area contributed by atoms with E-state index in [0.29, 0.717) is 5.56 Å². The maximum absolute atomic E-state index is 10.9. The Balaban J connectivity index is 2.48. The Labute approximate surface area is 90.5 Å². The van der Waals surface area contributed by atoms with E-state index in [4.69, 9.17) is 0 Å². The van der Waals surface area contributed by atoms with Crippen LogP contribution in [0.1, 0.15) is 0 Å². The molecule has 0 fully saturated rings. The van der Waals surface area contributed by atoms with Crippen molar-refractivity contribution in [1.82, 2.24) is 4.98 Å². The molecule has 0 bridgehead atoms. The SMILES string of the molecule is O=c1ccc(-c2cccc([N+](=O)[O-])c2)c[nH]1. The number of rotatable bonds is 2. The molecule has 0 unspecified atom stereocenters. The Morgan fingerprint density at radius 1 is 1.12 bits per heavy atom. The molecule has 1 aromatic heterocycles. The van der Waals surface area contributed by atoms with Gasteiger partial charge in [0, 0.05) is 24.4 Å². The normalized spacial score (nSPS) is 10.0. The van der Waals surface area contributed by atoms with E-state index in [-0.39, 0.29) is 11.2 Å². The minimum Gasteiger partial charge on any atom is -0.328 e. The minimum absolute atomic E-state index is 0.0312. The molecule has 0 saturated heterocycles. The number of nitrogens with one attached hydrogen (secondary N) is 1. The number of hydrogen-bond donors (Lipinski definition) is 1. The molecule has 0 amide bonds. The lowest BCUT2D eigenvalue weighted by Gasteiger charge is -2.00. The summed E-state index contributed by atoms with van der Waals surface area (Å²) in [6.07, 6.45) is 1.53. The topological polar surface area (TPSA) is 76.0 Å². The standard InChI is InChI=1S/C11H8N2O3/c14-11-5-4-9(7-12-11)8-2-1-3-10(6-8)13(15)16/h1-7H,(H,12,14). The van der Waals surface area contributed by atoms with Gasteiger partial charge in [-0.2, -0.15) is 0 Å². The number of benzene rings is 1. The van der Waals surface area contributed by atoms with Crippen molar-refractivity contribution in [2.45, 2.75) is 0 Å². The van der Waals surface area contributed by atoms with Crippen LogP contribution in [0.15, 0.2) is 47.4 Å². The van der Waals surface area contributed by atoms with Crippen LogP contribution in [0.3, 0.4) is 0 Å². The number of aromatic nitrogens is 1. The van der Waals surface area contributed by atoms with E-state index in [9.17, 15) is 14.9 Å². The zero-order valence-corrected chi connectivity index (χ0v) is 8.21. The molecule has 1 N–H and O–H groups in total. The third kappa shape index (κ3) is 1.98. The molecule has 80 valence electrons. The maximum atomic E-state index is 10.9. The van der Waals surface area contributed by atoms with Crippen molar-refractivity contribution in [2.75, 3.05) is 0 Å². The van der Waals surface area contributed by atoms with Crippen LogP contribution in [0.25, 0.3) is 11.1 Å². The number of hydrogen-bond acceptors (Lipinski definition) is 3. The lowest BCUT2D eigenvalue weighted by atomic mass is 10.1. The van der Waals surface area contributed by atoms with Gasteiger partial charge in [0.25, 0.3) is 5.69 Å². The Hall–Kier alpha value is -2.43. The van der Waals surface area contributed by atoms with Crippen molar-refractivity contribution in [3.8, 4) is 11.1 Å². The van der Waals surface area contributed by atoms with Crippen molar-refractivity contribution in [1.29, 1.82) is 0 Å². The molecule has 0 saturated carbocycles. The summed E-state index contributed by atoms with van der Waals surface area (Å²) in [7, 11) is 0. The zero-order chi connectivity index (χ0) is 11.5. The molecular weight excluding hydrogens is 208 g/mol. The second-order valence-electron chi connectivity index (χ2n) is 3.25. The van der Waals surface area contributed by atoms with Crippen LogP contribution < -0.4 is 5.56 Å². The Kier molecular flexibility index (Phi) is 2.51. The summed E-state index contributed by atoms with van der Waals surface area (Å²) in [4.78, 5) is 23.5. The first kappa shape index (κ1) is 10.1. The van der Waals surface area contributed by atoms with E-state index >= 15 is 0 Å². The Morgan fingerprint density at radius 2 is 1.94 bits per heavy atom. The molecule has 2 rings (SSSR count). The van der Waals surface area contributed by atoms with Gasteiger partial charge in [0.2, 0.25) is 5.56 Å². The molecule has 0 spiro atoms. The molecule has 0 aliphatic heterocycles. The van der Waals surface area contributed by atoms with Gasteiger partial charge in [0.1, 0.15) is 0 Å². The molecule has 16 heavy (non-hydrogen) atoms. The highest BCUT2D eigenvalue weighted by Crippen LogP contribution is 2.22. The smallest absolute Gasteiger partial charge is 0.270 e. The van der Waals surface area contributed by atoms with Crippen molar-refractivity contribution in [3.63, 3.8) is 0 Å². The molecule has 5 heteroatoms. The van der Waals surface area contributed by atoms with Crippen LogP contribution in [-0.4, -0.2) is 9.91 Å². The lowest BCUT2D eigenvalue weighted by molar-refractivity contribution is -0.384. The van der Waals surface area contributed by atoms with E-state index in [1.54, 1.807) is 18.2 Å². The van der Waals surface area contributed by atoms with Crippen LogP contribution in [0.2, 0.25) is 0 Å². The molecule has 0 aliphatic carbocycles. The third-order valence-electron chi connectivity index (χ3n) is 2.17. The average Bonchev–Trinajstić information content (AvgIpc) is 2.30. The summed E-state index contributed by atoms with van der Waals surface area (Å²) in [5, 5.41) is 10.6. The summed E-state index contributed by atoms with van der Waals surface area (Å²) in [6, 6.07) is 9.26. The fourth-order valence-electron chi connectivity index (χ4n) is 1.39. The van der Waals surface area contributed by atoms with Crippen molar-refractivity contribution in [2.24, 2.45) is 0 Å². The summed E-state index contributed by atoms with van der Waals surface area (Å²) in [5.74, 6) is 0. The minimum atomic E-state index is -0.449. The summed E-state index contributed by atoms with van der Waals surface area (Å²) >= 11 is 0. The highest BCUT2D eigenvalue weighted by molar-refractivity contribution is 5.64. The fourth-order valence-corrected chi connectivity index (χ4v) is 1.39. The summed E-state index contributed by atoms with van der Waals surface area (Å²) in [6.45, 7) is 0. The molecule has 0 aliphatic rings.